The quantitative estimate of drug-likeness (QED) is 0.801. The van der Waals surface area contributed by atoms with E-state index >= 15 is 0 Å². The van der Waals surface area contributed by atoms with Crippen molar-refractivity contribution in [1.29, 1.82) is 0 Å². The van der Waals surface area contributed by atoms with Crippen LogP contribution in [0.3, 0.4) is 0 Å². The third kappa shape index (κ3) is 4.07. The maximum Gasteiger partial charge on any atom is 0.319 e. The average molecular weight is 273 g/mol. The topological polar surface area (TPSA) is 67.1 Å². The summed E-state index contributed by atoms with van der Waals surface area (Å²) in [5.74, 6) is -0.390. The number of halogens is 1. The highest BCUT2D eigenvalue weighted by molar-refractivity contribution is 5.89. The molecule has 2 aromatic rings. The molecular formula is C15H16FN3O. The van der Waals surface area contributed by atoms with Crippen molar-refractivity contribution in [2.24, 2.45) is 5.73 Å². The normalized spacial score (nSPS) is 10.1. The number of nitrogens with two attached hydrogens (primary N) is 1. The van der Waals surface area contributed by atoms with E-state index < -0.39 is 5.82 Å². The Hall–Kier alpha value is -2.40. The Morgan fingerprint density at radius 3 is 2.60 bits per heavy atom. The van der Waals surface area contributed by atoms with Gasteiger partial charge in [-0.1, -0.05) is 30.3 Å². The molecule has 2 aromatic carbocycles. The fraction of sp³-hybridized carbons (Fsp3) is 0.133. The van der Waals surface area contributed by atoms with Crippen LogP contribution in [0.25, 0.3) is 0 Å². The van der Waals surface area contributed by atoms with Crippen molar-refractivity contribution in [3.63, 3.8) is 0 Å². The summed E-state index contributed by atoms with van der Waals surface area (Å²) in [7, 11) is 0. The Labute approximate surface area is 116 Å². The molecule has 0 spiro atoms. The van der Waals surface area contributed by atoms with E-state index in [2.05, 4.69) is 10.6 Å². The first-order valence-corrected chi connectivity index (χ1v) is 6.25. The van der Waals surface area contributed by atoms with Crippen LogP contribution in [0.15, 0.2) is 48.5 Å². The van der Waals surface area contributed by atoms with E-state index in [1.807, 2.05) is 24.3 Å². The number of benzene rings is 2. The summed E-state index contributed by atoms with van der Waals surface area (Å²) >= 11 is 0. The third-order valence-corrected chi connectivity index (χ3v) is 2.76. The van der Waals surface area contributed by atoms with Gasteiger partial charge in [0.1, 0.15) is 5.82 Å². The molecule has 5 heteroatoms. The van der Waals surface area contributed by atoms with Gasteiger partial charge in [-0.2, -0.15) is 0 Å². The molecule has 2 rings (SSSR count). The molecule has 0 bridgehead atoms. The van der Waals surface area contributed by atoms with Gasteiger partial charge in [0.25, 0.3) is 0 Å². The Kier molecular flexibility index (Phi) is 4.68. The molecule has 2 amide bonds. The zero-order valence-corrected chi connectivity index (χ0v) is 10.9. The summed E-state index contributed by atoms with van der Waals surface area (Å²) in [5.41, 5.74) is 7.94. The number of carbonyl (C=O) groups excluding carboxylic acids is 1. The zero-order chi connectivity index (χ0) is 14.4. The molecule has 104 valence electrons. The number of nitrogens with one attached hydrogen (secondary N) is 2. The number of rotatable bonds is 4. The predicted octanol–water partition coefficient (Wildman–Crippen LogP) is 2.61. The standard InChI is InChI=1S/C15H16FN3O/c16-13-5-2-6-14(8-13)19-15(20)18-10-12-4-1-3-11(7-12)9-17/h1-8H,9-10,17H2,(H2,18,19,20). The Morgan fingerprint density at radius 2 is 1.85 bits per heavy atom. The number of hydrogen-bond donors (Lipinski definition) is 3. The van der Waals surface area contributed by atoms with Crippen LogP contribution < -0.4 is 16.4 Å². The van der Waals surface area contributed by atoms with Gasteiger partial charge in [0.15, 0.2) is 0 Å². The highest BCUT2D eigenvalue weighted by Crippen LogP contribution is 2.09. The minimum absolute atomic E-state index is 0.381. The van der Waals surface area contributed by atoms with Crippen LogP contribution in [0.5, 0.6) is 0 Å². The van der Waals surface area contributed by atoms with Crippen molar-refractivity contribution in [1.82, 2.24) is 5.32 Å². The number of carbonyl (C=O) groups is 1. The van der Waals surface area contributed by atoms with Gasteiger partial charge in [0.05, 0.1) is 0 Å². The number of urea groups is 1. The van der Waals surface area contributed by atoms with Crippen LogP contribution in [-0.4, -0.2) is 6.03 Å². The first-order chi connectivity index (χ1) is 9.67. The lowest BCUT2D eigenvalue weighted by Crippen LogP contribution is -2.28. The van der Waals surface area contributed by atoms with Gasteiger partial charge in [0, 0.05) is 18.8 Å². The Balaban J connectivity index is 1.88. The monoisotopic (exact) mass is 273 g/mol. The van der Waals surface area contributed by atoms with Crippen molar-refractivity contribution in [2.45, 2.75) is 13.1 Å². The fourth-order valence-electron chi connectivity index (χ4n) is 1.79. The molecule has 0 unspecified atom stereocenters. The van der Waals surface area contributed by atoms with Crippen LogP contribution in [0.2, 0.25) is 0 Å². The van der Waals surface area contributed by atoms with Crippen LogP contribution in [0, 0.1) is 5.82 Å². The van der Waals surface area contributed by atoms with Gasteiger partial charge in [-0.25, -0.2) is 9.18 Å². The van der Waals surface area contributed by atoms with Gasteiger partial charge >= 0.3 is 6.03 Å². The molecule has 20 heavy (non-hydrogen) atoms. The van der Waals surface area contributed by atoms with Crippen molar-refractivity contribution >= 4 is 11.7 Å². The van der Waals surface area contributed by atoms with Gasteiger partial charge in [-0.3, -0.25) is 0 Å². The maximum atomic E-state index is 13.0. The molecule has 0 aliphatic rings. The van der Waals surface area contributed by atoms with E-state index in [1.165, 1.54) is 18.2 Å². The lowest BCUT2D eigenvalue weighted by atomic mass is 10.1. The molecule has 4 nitrogen and oxygen atoms in total. The number of hydrogen-bond acceptors (Lipinski definition) is 2. The van der Waals surface area contributed by atoms with Gasteiger partial charge in [-0.15, -0.1) is 0 Å². The summed E-state index contributed by atoms with van der Waals surface area (Å²) in [4.78, 5) is 11.7. The molecule has 0 atom stereocenters. The molecule has 4 N–H and O–H groups in total. The second-order valence-corrected chi connectivity index (χ2v) is 4.34. The highest BCUT2D eigenvalue weighted by atomic mass is 19.1. The van der Waals surface area contributed by atoms with E-state index in [1.54, 1.807) is 6.07 Å². The van der Waals surface area contributed by atoms with Crippen molar-refractivity contribution in [3.05, 3.63) is 65.5 Å². The Morgan fingerprint density at radius 1 is 1.10 bits per heavy atom. The van der Waals surface area contributed by atoms with E-state index in [9.17, 15) is 9.18 Å². The van der Waals surface area contributed by atoms with Crippen molar-refractivity contribution in [2.75, 3.05) is 5.32 Å². The van der Waals surface area contributed by atoms with E-state index in [0.717, 1.165) is 11.1 Å². The summed E-state index contributed by atoms with van der Waals surface area (Å²) in [5, 5.41) is 5.27. The van der Waals surface area contributed by atoms with Crippen LogP contribution in [0.1, 0.15) is 11.1 Å². The van der Waals surface area contributed by atoms with E-state index in [4.69, 9.17) is 5.73 Å². The van der Waals surface area contributed by atoms with Crippen LogP contribution in [-0.2, 0) is 13.1 Å². The lowest BCUT2D eigenvalue weighted by Gasteiger charge is -2.08. The number of anilines is 1. The fourth-order valence-corrected chi connectivity index (χ4v) is 1.79. The first kappa shape index (κ1) is 14.0. The van der Waals surface area contributed by atoms with Gasteiger partial charge < -0.3 is 16.4 Å². The molecule has 0 heterocycles. The van der Waals surface area contributed by atoms with Gasteiger partial charge in [0.2, 0.25) is 0 Å². The summed E-state index contributed by atoms with van der Waals surface area (Å²) in [6, 6.07) is 13.0. The smallest absolute Gasteiger partial charge is 0.319 e. The molecule has 0 aliphatic heterocycles. The maximum absolute atomic E-state index is 13.0. The third-order valence-electron chi connectivity index (χ3n) is 2.76. The minimum atomic E-state index is -0.390. The summed E-state index contributed by atoms with van der Waals surface area (Å²) in [6.45, 7) is 0.846. The molecule has 0 radical (unpaired) electrons. The van der Waals surface area contributed by atoms with Crippen LogP contribution in [0.4, 0.5) is 14.9 Å². The molecule has 0 aromatic heterocycles. The van der Waals surface area contributed by atoms with Gasteiger partial charge in [-0.05, 0) is 29.3 Å². The number of amides is 2. The zero-order valence-electron chi connectivity index (χ0n) is 10.9. The average Bonchev–Trinajstić information content (AvgIpc) is 2.45. The van der Waals surface area contributed by atoms with Crippen molar-refractivity contribution < 1.29 is 9.18 Å². The molecule has 0 saturated carbocycles. The summed E-state index contributed by atoms with van der Waals surface area (Å²) < 4.78 is 13.0. The first-order valence-electron chi connectivity index (χ1n) is 6.25. The molecular weight excluding hydrogens is 257 g/mol. The SMILES string of the molecule is NCc1cccc(CNC(=O)Nc2cccc(F)c2)c1. The minimum Gasteiger partial charge on any atom is -0.334 e. The van der Waals surface area contributed by atoms with E-state index in [-0.39, 0.29) is 6.03 Å². The highest BCUT2D eigenvalue weighted by Gasteiger charge is 2.02. The van der Waals surface area contributed by atoms with E-state index in [0.29, 0.717) is 18.8 Å². The largest absolute Gasteiger partial charge is 0.334 e. The second kappa shape index (κ2) is 6.68. The summed E-state index contributed by atoms with van der Waals surface area (Å²) in [6.07, 6.45) is 0. The second-order valence-electron chi connectivity index (χ2n) is 4.34. The molecule has 0 fully saturated rings. The molecule has 0 aliphatic carbocycles. The lowest BCUT2D eigenvalue weighted by molar-refractivity contribution is 0.251. The predicted molar refractivity (Wildman–Crippen MR) is 76.6 cm³/mol. The van der Waals surface area contributed by atoms with Crippen LogP contribution >= 0.6 is 0 Å². The molecule has 0 saturated heterocycles. The van der Waals surface area contributed by atoms with Crippen molar-refractivity contribution in [3.8, 4) is 0 Å². The Bertz CT molecular complexity index is 601.